The summed E-state index contributed by atoms with van der Waals surface area (Å²) >= 11 is 0. The molecular formula is C12H12N4O2. The number of rotatable bonds is 3. The van der Waals surface area contributed by atoms with Gasteiger partial charge in [-0.2, -0.15) is 10.4 Å². The molecule has 0 unspecified atom stereocenters. The topological polar surface area (TPSA) is 91.3 Å². The Morgan fingerprint density at radius 1 is 1.56 bits per heavy atom. The predicted octanol–water partition coefficient (Wildman–Crippen LogP) is 1.24. The third-order valence-corrected chi connectivity index (χ3v) is 2.92. The summed E-state index contributed by atoms with van der Waals surface area (Å²) in [5.41, 5.74) is 3.40. The first-order valence-electron chi connectivity index (χ1n) is 5.50. The first-order chi connectivity index (χ1) is 8.54. The van der Waals surface area contributed by atoms with E-state index in [0.717, 1.165) is 17.0 Å². The van der Waals surface area contributed by atoms with Crippen LogP contribution in [0.5, 0.6) is 0 Å². The van der Waals surface area contributed by atoms with Gasteiger partial charge in [-0.25, -0.2) is 9.50 Å². The third-order valence-electron chi connectivity index (χ3n) is 2.92. The quantitative estimate of drug-likeness (QED) is 0.876. The average molecular weight is 244 g/mol. The van der Waals surface area contributed by atoms with Crippen molar-refractivity contribution in [3.05, 3.63) is 28.7 Å². The summed E-state index contributed by atoms with van der Waals surface area (Å²) in [7, 11) is 0. The van der Waals surface area contributed by atoms with Crippen LogP contribution in [0.1, 0.15) is 28.9 Å². The van der Waals surface area contributed by atoms with Gasteiger partial charge in [-0.1, -0.05) is 0 Å². The number of aromatic nitrogens is 3. The Hall–Kier alpha value is -2.42. The van der Waals surface area contributed by atoms with Gasteiger partial charge in [0.15, 0.2) is 5.65 Å². The van der Waals surface area contributed by atoms with Crippen LogP contribution in [-0.4, -0.2) is 25.7 Å². The summed E-state index contributed by atoms with van der Waals surface area (Å²) in [6.45, 7) is 3.67. The first-order valence-corrected chi connectivity index (χ1v) is 5.50. The highest BCUT2D eigenvalue weighted by atomic mass is 16.4. The van der Waals surface area contributed by atoms with Crippen molar-refractivity contribution in [3.63, 3.8) is 0 Å². The van der Waals surface area contributed by atoms with Crippen LogP contribution < -0.4 is 0 Å². The van der Waals surface area contributed by atoms with Crippen LogP contribution in [0.2, 0.25) is 0 Å². The first kappa shape index (κ1) is 12.0. The van der Waals surface area contributed by atoms with Gasteiger partial charge in [0.05, 0.1) is 6.20 Å². The predicted molar refractivity (Wildman–Crippen MR) is 63.1 cm³/mol. The average Bonchev–Trinajstić information content (AvgIpc) is 2.71. The number of nitriles is 1. The van der Waals surface area contributed by atoms with Crippen molar-refractivity contribution in [3.8, 4) is 6.07 Å². The zero-order valence-electron chi connectivity index (χ0n) is 10.1. The minimum absolute atomic E-state index is 0.0568. The van der Waals surface area contributed by atoms with Gasteiger partial charge in [0.25, 0.3) is 0 Å². The highest BCUT2D eigenvalue weighted by molar-refractivity contribution is 5.67. The van der Waals surface area contributed by atoms with Crippen LogP contribution in [0.25, 0.3) is 5.65 Å². The molecule has 0 aliphatic rings. The number of hydrogen-bond donors (Lipinski definition) is 1. The molecule has 2 aromatic heterocycles. The summed E-state index contributed by atoms with van der Waals surface area (Å²) in [5, 5.41) is 21.8. The lowest BCUT2D eigenvalue weighted by atomic mass is 10.1. The van der Waals surface area contributed by atoms with Crippen LogP contribution >= 0.6 is 0 Å². The van der Waals surface area contributed by atoms with Crippen molar-refractivity contribution in [2.24, 2.45) is 0 Å². The lowest BCUT2D eigenvalue weighted by Gasteiger charge is -2.09. The molecule has 6 heteroatoms. The maximum absolute atomic E-state index is 10.6. The Labute approximate surface area is 103 Å². The second kappa shape index (κ2) is 4.45. The molecule has 0 fully saturated rings. The summed E-state index contributed by atoms with van der Waals surface area (Å²) < 4.78 is 1.59. The number of nitrogens with zero attached hydrogens (tertiary/aromatic N) is 4. The summed E-state index contributed by atoms with van der Waals surface area (Å²) in [4.78, 5) is 15.0. The molecule has 0 saturated carbocycles. The molecule has 0 aliphatic heterocycles. The molecule has 0 aliphatic carbocycles. The van der Waals surface area contributed by atoms with E-state index in [1.807, 2.05) is 19.9 Å². The van der Waals surface area contributed by atoms with Crippen molar-refractivity contribution < 1.29 is 9.90 Å². The molecule has 2 heterocycles. The van der Waals surface area contributed by atoms with Crippen molar-refractivity contribution in [1.82, 2.24) is 14.6 Å². The second-order valence-corrected chi connectivity index (χ2v) is 4.06. The number of fused-ring (bicyclic) bond motifs is 1. The molecule has 0 bridgehead atoms. The van der Waals surface area contributed by atoms with Gasteiger partial charge in [-0.05, 0) is 25.8 Å². The normalized spacial score (nSPS) is 10.5. The number of hydrogen-bond acceptors (Lipinski definition) is 4. The van der Waals surface area contributed by atoms with E-state index in [9.17, 15) is 4.79 Å². The van der Waals surface area contributed by atoms with Crippen LogP contribution in [0.15, 0.2) is 6.20 Å². The Morgan fingerprint density at radius 2 is 2.28 bits per heavy atom. The molecule has 2 rings (SSSR count). The van der Waals surface area contributed by atoms with Gasteiger partial charge in [0.1, 0.15) is 11.6 Å². The summed E-state index contributed by atoms with van der Waals surface area (Å²) in [6.07, 6.45) is 1.94. The summed E-state index contributed by atoms with van der Waals surface area (Å²) in [6, 6.07) is 2.03. The Bertz CT molecular complexity index is 667. The minimum Gasteiger partial charge on any atom is -0.481 e. The van der Waals surface area contributed by atoms with Crippen LogP contribution in [-0.2, 0) is 11.2 Å². The van der Waals surface area contributed by atoms with E-state index >= 15 is 0 Å². The Morgan fingerprint density at radius 3 is 2.89 bits per heavy atom. The van der Waals surface area contributed by atoms with Gasteiger partial charge in [-0.3, -0.25) is 4.79 Å². The molecule has 0 spiro atoms. The van der Waals surface area contributed by atoms with Crippen LogP contribution in [0.3, 0.4) is 0 Å². The number of carboxylic acids is 1. The smallest absolute Gasteiger partial charge is 0.303 e. The van der Waals surface area contributed by atoms with Gasteiger partial charge >= 0.3 is 5.97 Å². The molecule has 0 amide bonds. The molecule has 0 radical (unpaired) electrons. The third kappa shape index (κ3) is 1.91. The lowest BCUT2D eigenvalue weighted by Crippen LogP contribution is -2.08. The number of carbonyl (C=O) groups is 1. The number of carboxylic acid groups (broad SMARTS) is 1. The van der Waals surface area contributed by atoms with E-state index in [-0.39, 0.29) is 6.42 Å². The number of aryl methyl sites for hydroxylation is 2. The molecule has 18 heavy (non-hydrogen) atoms. The van der Waals surface area contributed by atoms with Gasteiger partial charge < -0.3 is 5.11 Å². The molecule has 1 N–H and O–H groups in total. The molecule has 92 valence electrons. The molecular weight excluding hydrogens is 232 g/mol. The van der Waals surface area contributed by atoms with E-state index in [2.05, 4.69) is 10.1 Å². The summed E-state index contributed by atoms with van der Waals surface area (Å²) in [5.74, 6) is -0.841. The van der Waals surface area contributed by atoms with Crippen molar-refractivity contribution >= 4 is 11.6 Å². The van der Waals surface area contributed by atoms with Crippen LogP contribution in [0.4, 0.5) is 0 Å². The van der Waals surface area contributed by atoms with Gasteiger partial charge in [0, 0.05) is 17.8 Å². The molecule has 2 aromatic rings. The highest BCUT2D eigenvalue weighted by Gasteiger charge is 2.14. The van der Waals surface area contributed by atoms with Crippen molar-refractivity contribution in [1.29, 1.82) is 5.26 Å². The van der Waals surface area contributed by atoms with E-state index in [0.29, 0.717) is 17.6 Å². The van der Waals surface area contributed by atoms with E-state index in [1.54, 1.807) is 4.52 Å². The molecule has 0 aromatic carbocycles. The Balaban J connectivity index is 2.56. The zero-order valence-corrected chi connectivity index (χ0v) is 10.1. The Kier molecular flexibility index (Phi) is 2.98. The van der Waals surface area contributed by atoms with Gasteiger partial charge in [-0.15, -0.1) is 0 Å². The maximum atomic E-state index is 10.6. The molecule has 0 atom stereocenters. The SMILES string of the molecule is Cc1nc2c(C#N)cnn2c(C)c1CCC(=O)O. The lowest BCUT2D eigenvalue weighted by molar-refractivity contribution is -0.136. The highest BCUT2D eigenvalue weighted by Crippen LogP contribution is 2.18. The maximum Gasteiger partial charge on any atom is 0.303 e. The van der Waals surface area contributed by atoms with E-state index in [4.69, 9.17) is 10.4 Å². The largest absolute Gasteiger partial charge is 0.481 e. The zero-order chi connectivity index (χ0) is 13.3. The van der Waals surface area contributed by atoms with Crippen LogP contribution in [0, 0.1) is 25.2 Å². The van der Waals surface area contributed by atoms with Gasteiger partial charge in [0.2, 0.25) is 0 Å². The fourth-order valence-corrected chi connectivity index (χ4v) is 1.98. The minimum atomic E-state index is -0.841. The van der Waals surface area contributed by atoms with E-state index < -0.39 is 5.97 Å². The van der Waals surface area contributed by atoms with Crippen molar-refractivity contribution in [2.45, 2.75) is 26.7 Å². The fraction of sp³-hybridized carbons (Fsp3) is 0.333. The van der Waals surface area contributed by atoms with E-state index in [1.165, 1.54) is 6.20 Å². The monoisotopic (exact) mass is 244 g/mol. The fourth-order valence-electron chi connectivity index (χ4n) is 1.98. The number of aliphatic carboxylic acids is 1. The standard InChI is InChI=1S/C12H12N4O2/c1-7-10(3-4-11(17)18)8(2)16-12(15-7)9(5-13)6-14-16/h6H,3-4H2,1-2H3,(H,17,18). The second-order valence-electron chi connectivity index (χ2n) is 4.06. The molecule has 6 nitrogen and oxygen atoms in total. The van der Waals surface area contributed by atoms with Crippen molar-refractivity contribution in [2.75, 3.05) is 0 Å². The molecule has 0 saturated heterocycles.